The van der Waals surface area contributed by atoms with Crippen molar-refractivity contribution in [3.05, 3.63) is 40.9 Å². The Hall–Kier alpha value is -1.59. The first-order valence-electron chi connectivity index (χ1n) is 6.58. The zero-order valence-electron chi connectivity index (χ0n) is 11.2. The number of halogens is 1. The van der Waals surface area contributed by atoms with Crippen molar-refractivity contribution in [3.63, 3.8) is 0 Å². The van der Waals surface area contributed by atoms with Gasteiger partial charge in [0.1, 0.15) is 11.6 Å². The molecule has 0 saturated carbocycles. The maximum Gasteiger partial charge on any atom is 0.137 e. The van der Waals surface area contributed by atoms with Crippen molar-refractivity contribution in [1.29, 1.82) is 0 Å². The summed E-state index contributed by atoms with van der Waals surface area (Å²) in [5.74, 6) is 1.78. The van der Waals surface area contributed by atoms with Crippen molar-refractivity contribution in [2.45, 2.75) is 19.4 Å². The molecule has 5 nitrogen and oxygen atoms in total. The summed E-state index contributed by atoms with van der Waals surface area (Å²) < 4.78 is 5.22. The van der Waals surface area contributed by atoms with Gasteiger partial charge in [-0.05, 0) is 19.1 Å². The largest absolute Gasteiger partial charge is 0.391 e. The quantitative estimate of drug-likeness (QED) is 0.939. The molecule has 3 rings (SSSR count). The van der Waals surface area contributed by atoms with E-state index in [2.05, 4.69) is 15.0 Å². The summed E-state index contributed by atoms with van der Waals surface area (Å²) in [7, 11) is 0. The molecule has 6 heteroatoms. The van der Waals surface area contributed by atoms with E-state index in [-0.39, 0.29) is 5.92 Å². The summed E-state index contributed by atoms with van der Waals surface area (Å²) >= 11 is 5.84. The second-order valence-corrected chi connectivity index (χ2v) is 5.64. The van der Waals surface area contributed by atoms with E-state index in [4.69, 9.17) is 16.1 Å². The van der Waals surface area contributed by atoms with Gasteiger partial charge in [0, 0.05) is 37.7 Å². The molecule has 1 fully saturated rings. The first kappa shape index (κ1) is 13.4. The van der Waals surface area contributed by atoms with Crippen LogP contribution in [0.3, 0.4) is 0 Å². The van der Waals surface area contributed by atoms with Gasteiger partial charge < -0.3 is 14.5 Å². The summed E-state index contributed by atoms with van der Waals surface area (Å²) in [5, 5.41) is 14.7. The fourth-order valence-electron chi connectivity index (χ4n) is 2.57. The third-order valence-corrected chi connectivity index (χ3v) is 3.81. The lowest BCUT2D eigenvalue weighted by Gasteiger charge is -2.16. The molecular weight excluding hydrogens is 278 g/mol. The second kappa shape index (κ2) is 5.42. The normalized spacial score (nSPS) is 22.4. The minimum Gasteiger partial charge on any atom is -0.391 e. The minimum absolute atomic E-state index is 0.125. The van der Waals surface area contributed by atoms with E-state index in [0.717, 1.165) is 23.8 Å². The molecule has 1 aliphatic heterocycles. The molecule has 0 amide bonds. The van der Waals surface area contributed by atoms with Crippen molar-refractivity contribution in [2.75, 3.05) is 18.0 Å². The number of pyridine rings is 1. The van der Waals surface area contributed by atoms with Gasteiger partial charge in [-0.1, -0.05) is 16.8 Å². The Morgan fingerprint density at radius 2 is 2.30 bits per heavy atom. The molecule has 1 aliphatic rings. The van der Waals surface area contributed by atoms with Crippen LogP contribution in [0.25, 0.3) is 0 Å². The molecule has 0 spiro atoms. The Balaban J connectivity index is 1.68. The zero-order chi connectivity index (χ0) is 14.1. The lowest BCUT2D eigenvalue weighted by molar-refractivity contribution is 0.143. The molecule has 0 unspecified atom stereocenters. The van der Waals surface area contributed by atoms with Crippen molar-refractivity contribution in [3.8, 4) is 0 Å². The van der Waals surface area contributed by atoms with E-state index in [1.807, 2.05) is 25.1 Å². The van der Waals surface area contributed by atoms with Gasteiger partial charge in [-0.25, -0.2) is 4.98 Å². The minimum atomic E-state index is -0.391. The van der Waals surface area contributed by atoms with Gasteiger partial charge in [0.15, 0.2) is 0 Å². The molecular formula is C14H16ClN3O2. The molecule has 0 aromatic carbocycles. The van der Waals surface area contributed by atoms with E-state index in [1.54, 1.807) is 6.20 Å². The molecule has 2 aromatic heterocycles. The van der Waals surface area contributed by atoms with Crippen LogP contribution in [0.15, 0.2) is 28.9 Å². The van der Waals surface area contributed by atoms with Gasteiger partial charge in [-0.3, -0.25) is 0 Å². The van der Waals surface area contributed by atoms with Crippen LogP contribution in [-0.4, -0.2) is 34.4 Å². The Kier molecular flexibility index (Phi) is 3.63. The highest BCUT2D eigenvalue weighted by molar-refractivity contribution is 6.30. The number of anilines is 1. The number of hydrogen-bond donors (Lipinski definition) is 1. The molecule has 1 N–H and O–H groups in total. The SMILES string of the molecule is Cc1cc(C[C@@H]2CN(c3ccc(Cl)cn3)C[C@H]2O)on1. The molecule has 0 aliphatic carbocycles. The van der Waals surface area contributed by atoms with Gasteiger partial charge in [0.25, 0.3) is 0 Å². The summed E-state index contributed by atoms with van der Waals surface area (Å²) in [4.78, 5) is 6.35. The number of aliphatic hydroxyl groups excluding tert-OH is 1. The van der Waals surface area contributed by atoms with Crippen molar-refractivity contribution in [1.82, 2.24) is 10.1 Å². The standard InChI is InChI=1S/C14H16ClN3O2/c1-9-4-12(20-17-9)5-10-7-18(8-13(10)19)14-3-2-11(15)6-16-14/h2-4,6,10,13,19H,5,7-8H2,1H3/t10-,13-/m1/s1. The van der Waals surface area contributed by atoms with Crippen LogP contribution in [0.2, 0.25) is 5.02 Å². The zero-order valence-corrected chi connectivity index (χ0v) is 11.9. The van der Waals surface area contributed by atoms with Gasteiger partial charge in [0.2, 0.25) is 0 Å². The third kappa shape index (κ3) is 2.78. The smallest absolute Gasteiger partial charge is 0.137 e. The second-order valence-electron chi connectivity index (χ2n) is 5.21. The van der Waals surface area contributed by atoms with Crippen LogP contribution in [-0.2, 0) is 6.42 Å². The lowest BCUT2D eigenvalue weighted by Crippen LogP contribution is -2.21. The van der Waals surface area contributed by atoms with Gasteiger partial charge in [0.05, 0.1) is 16.8 Å². The Morgan fingerprint density at radius 3 is 2.95 bits per heavy atom. The first-order valence-corrected chi connectivity index (χ1v) is 6.96. The molecule has 106 valence electrons. The predicted molar refractivity (Wildman–Crippen MR) is 75.9 cm³/mol. The van der Waals surface area contributed by atoms with E-state index in [9.17, 15) is 5.11 Å². The number of aliphatic hydroxyl groups is 1. The number of hydrogen-bond acceptors (Lipinski definition) is 5. The monoisotopic (exact) mass is 293 g/mol. The van der Waals surface area contributed by atoms with Crippen molar-refractivity contribution in [2.24, 2.45) is 5.92 Å². The number of nitrogens with zero attached hydrogens (tertiary/aromatic N) is 3. The number of aryl methyl sites for hydroxylation is 1. The van der Waals surface area contributed by atoms with E-state index >= 15 is 0 Å². The lowest BCUT2D eigenvalue weighted by atomic mass is 10.0. The maximum absolute atomic E-state index is 10.2. The Bertz CT molecular complexity index is 584. The average Bonchev–Trinajstić information content (AvgIpc) is 2.98. The molecule has 2 atom stereocenters. The predicted octanol–water partition coefficient (Wildman–Crippen LogP) is 2.07. The van der Waals surface area contributed by atoms with Gasteiger partial charge >= 0.3 is 0 Å². The highest BCUT2D eigenvalue weighted by Gasteiger charge is 2.32. The Morgan fingerprint density at radius 1 is 1.45 bits per heavy atom. The van der Waals surface area contributed by atoms with Gasteiger partial charge in [-0.2, -0.15) is 0 Å². The highest BCUT2D eigenvalue weighted by Crippen LogP contribution is 2.26. The number of aromatic nitrogens is 2. The third-order valence-electron chi connectivity index (χ3n) is 3.58. The first-order chi connectivity index (χ1) is 9.61. The summed E-state index contributed by atoms with van der Waals surface area (Å²) in [6.45, 7) is 3.21. The van der Waals surface area contributed by atoms with Crippen LogP contribution in [0.1, 0.15) is 11.5 Å². The molecule has 1 saturated heterocycles. The molecule has 2 aromatic rings. The molecule has 20 heavy (non-hydrogen) atoms. The van der Waals surface area contributed by atoms with Crippen LogP contribution < -0.4 is 4.90 Å². The van der Waals surface area contributed by atoms with Crippen LogP contribution in [0.4, 0.5) is 5.82 Å². The topological polar surface area (TPSA) is 62.4 Å². The molecule has 0 bridgehead atoms. The fraction of sp³-hybridized carbons (Fsp3) is 0.429. The summed E-state index contributed by atoms with van der Waals surface area (Å²) in [6, 6.07) is 5.59. The average molecular weight is 294 g/mol. The van der Waals surface area contributed by atoms with E-state index < -0.39 is 6.10 Å². The van der Waals surface area contributed by atoms with Crippen molar-refractivity contribution >= 4 is 17.4 Å². The number of rotatable bonds is 3. The van der Waals surface area contributed by atoms with Crippen LogP contribution in [0.5, 0.6) is 0 Å². The van der Waals surface area contributed by atoms with E-state index in [1.165, 1.54) is 0 Å². The van der Waals surface area contributed by atoms with Crippen LogP contribution >= 0.6 is 11.6 Å². The van der Waals surface area contributed by atoms with Gasteiger partial charge in [-0.15, -0.1) is 0 Å². The molecule has 0 radical (unpaired) electrons. The summed E-state index contributed by atoms with van der Waals surface area (Å²) in [5.41, 5.74) is 0.865. The van der Waals surface area contributed by atoms with E-state index in [0.29, 0.717) is 18.0 Å². The summed E-state index contributed by atoms with van der Waals surface area (Å²) in [6.07, 6.45) is 1.92. The number of β-amino-alcohol motifs (C(OH)–C–C–N with tert-alkyl or cyclic N) is 1. The highest BCUT2D eigenvalue weighted by atomic mass is 35.5. The van der Waals surface area contributed by atoms with Crippen molar-refractivity contribution < 1.29 is 9.63 Å². The molecule has 3 heterocycles. The fourth-order valence-corrected chi connectivity index (χ4v) is 2.68. The maximum atomic E-state index is 10.2. The Labute approximate surface area is 122 Å². The van der Waals surface area contributed by atoms with Crippen LogP contribution in [0, 0.1) is 12.8 Å².